The number of rotatable bonds is 2. The minimum atomic E-state index is 0.265. The second kappa shape index (κ2) is 5.70. The molecule has 1 aliphatic rings. The van der Waals surface area contributed by atoms with Crippen molar-refractivity contribution in [2.75, 3.05) is 20.7 Å². The van der Waals surface area contributed by atoms with E-state index in [2.05, 4.69) is 55.3 Å². The molecular weight excluding hydrogens is 282 g/mol. The molecule has 2 aromatic rings. The van der Waals surface area contributed by atoms with E-state index in [1.54, 1.807) is 7.11 Å². The van der Waals surface area contributed by atoms with Crippen LogP contribution in [-0.4, -0.2) is 25.6 Å². The second-order valence-electron chi connectivity index (χ2n) is 5.68. The third-order valence-corrected chi connectivity index (χ3v) is 4.66. The first-order valence-corrected chi connectivity index (χ1v) is 7.61. The molecule has 0 saturated carbocycles. The van der Waals surface area contributed by atoms with Crippen molar-refractivity contribution in [1.82, 2.24) is 4.90 Å². The zero-order valence-corrected chi connectivity index (χ0v) is 13.4. The Morgan fingerprint density at radius 3 is 2.67 bits per heavy atom. The molecule has 3 heteroatoms. The molecule has 0 bridgehead atoms. The highest BCUT2D eigenvalue weighted by atomic mass is 35.5. The fraction of sp³-hybridized carbons (Fsp3) is 0.333. The van der Waals surface area contributed by atoms with Crippen LogP contribution in [0.1, 0.15) is 28.3 Å². The molecule has 0 amide bonds. The van der Waals surface area contributed by atoms with Crippen molar-refractivity contribution in [3.8, 4) is 5.75 Å². The fourth-order valence-corrected chi connectivity index (χ4v) is 3.46. The first-order valence-electron chi connectivity index (χ1n) is 7.24. The lowest BCUT2D eigenvalue weighted by atomic mass is 9.86. The lowest BCUT2D eigenvalue weighted by Crippen LogP contribution is -2.33. The number of methoxy groups -OCH3 is 1. The third-order valence-electron chi connectivity index (χ3n) is 4.37. The summed E-state index contributed by atoms with van der Waals surface area (Å²) in [5, 5.41) is 0.698. The Labute approximate surface area is 131 Å². The topological polar surface area (TPSA) is 12.5 Å². The van der Waals surface area contributed by atoms with E-state index in [1.165, 1.54) is 22.3 Å². The van der Waals surface area contributed by atoms with Gasteiger partial charge in [-0.3, -0.25) is 4.90 Å². The maximum absolute atomic E-state index is 6.28. The second-order valence-corrected chi connectivity index (χ2v) is 6.08. The number of nitrogens with zero attached hydrogens (tertiary/aromatic N) is 1. The summed E-state index contributed by atoms with van der Waals surface area (Å²) in [6.45, 7) is 3.21. The number of halogens is 1. The highest BCUT2D eigenvalue weighted by Gasteiger charge is 2.28. The minimum Gasteiger partial charge on any atom is -0.495 e. The molecule has 1 atom stereocenters. The molecule has 0 spiro atoms. The first kappa shape index (κ1) is 14.4. The number of fused-ring (bicyclic) bond motifs is 1. The molecule has 1 heterocycles. The van der Waals surface area contributed by atoms with Crippen LogP contribution in [-0.2, 0) is 6.42 Å². The van der Waals surface area contributed by atoms with E-state index in [0.29, 0.717) is 5.02 Å². The van der Waals surface area contributed by atoms with Gasteiger partial charge in [0.15, 0.2) is 0 Å². The maximum atomic E-state index is 6.28. The van der Waals surface area contributed by atoms with Crippen molar-refractivity contribution in [3.63, 3.8) is 0 Å². The van der Waals surface area contributed by atoms with Crippen molar-refractivity contribution < 1.29 is 4.74 Å². The Morgan fingerprint density at radius 2 is 1.95 bits per heavy atom. The minimum absolute atomic E-state index is 0.265. The molecule has 21 heavy (non-hydrogen) atoms. The van der Waals surface area contributed by atoms with Gasteiger partial charge in [0.05, 0.1) is 18.2 Å². The summed E-state index contributed by atoms with van der Waals surface area (Å²) >= 11 is 6.28. The lowest BCUT2D eigenvalue weighted by Gasteiger charge is -2.36. The van der Waals surface area contributed by atoms with Gasteiger partial charge in [-0.05, 0) is 54.8 Å². The van der Waals surface area contributed by atoms with Crippen LogP contribution in [0.25, 0.3) is 0 Å². The van der Waals surface area contributed by atoms with E-state index < -0.39 is 0 Å². The molecule has 2 aromatic carbocycles. The van der Waals surface area contributed by atoms with Gasteiger partial charge in [-0.15, -0.1) is 0 Å². The number of benzene rings is 2. The van der Waals surface area contributed by atoms with Gasteiger partial charge in [-0.2, -0.15) is 0 Å². The SMILES string of the molecule is COc1cc2c(cc1Cl)CCN(C)C2c1ccccc1C. The largest absolute Gasteiger partial charge is 0.495 e. The van der Waals surface area contributed by atoms with Crippen molar-refractivity contribution >= 4 is 11.6 Å². The smallest absolute Gasteiger partial charge is 0.137 e. The zero-order chi connectivity index (χ0) is 15.0. The van der Waals surface area contributed by atoms with Crippen LogP contribution >= 0.6 is 11.6 Å². The zero-order valence-electron chi connectivity index (χ0n) is 12.7. The van der Waals surface area contributed by atoms with E-state index >= 15 is 0 Å². The van der Waals surface area contributed by atoms with E-state index in [1.807, 2.05) is 0 Å². The van der Waals surface area contributed by atoms with Crippen LogP contribution in [0.2, 0.25) is 5.02 Å². The Balaban J connectivity index is 2.17. The molecule has 3 rings (SSSR count). The molecular formula is C18H20ClNO. The molecule has 2 nitrogen and oxygen atoms in total. The van der Waals surface area contributed by atoms with Crippen LogP contribution in [0.3, 0.4) is 0 Å². The summed E-state index contributed by atoms with van der Waals surface area (Å²) in [6, 6.07) is 13.0. The molecule has 0 saturated heterocycles. The normalized spacial score (nSPS) is 18.4. The molecule has 110 valence electrons. The van der Waals surface area contributed by atoms with Crippen molar-refractivity contribution in [1.29, 1.82) is 0 Å². The van der Waals surface area contributed by atoms with Crippen molar-refractivity contribution in [2.24, 2.45) is 0 Å². The van der Waals surface area contributed by atoms with Gasteiger partial charge in [0.1, 0.15) is 5.75 Å². The Kier molecular flexibility index (Phi) is 3.92. The van der Waals surface area contributed by atoms with Gasteiger partial charge in [-0.1, -0.05) is 35.9 Å². The van der Waals surface area contributed by atoms with Gasteiger partial charge in [0.25, 0.3) is 0 Å². The van der Waals surface area contributed by atoms with Crippen LogP contribution in [0.15, 0.2) is 36.4 Å². The summed E-state index contributed by atoms with van der Waals surface area (Å²) in [5.74, 6) is 0.754. The predicted molar refractivity (Wildman–Crippen MR) is 87.4 cm³/mol. The van der Waals surface area contributed by atoms with Gasteiger partial charge >= 0.3 is 0 Å². The van der Waals surface area contributed by atoms with Crippen LogP contribution in [0.4, 0.5) is 0 Å². The van der Waals surface area contributed by atoms with Crippen LogP contribution in [0, 0.1) is 6.92 Å². The first-order chi connectivity index (χ1) is 10.1. The average Bonchev–Trinajstić information content (AvgIpc) is 2.48. The summed E-state index contributed by atoms with van der Waals surface area (Å²) in [7, 11) is 3.85. The van der Waals surface area contributed by atoms with E-state index in [0.717, 1.165) is 18.7 Å². The monoisotopic (exact) mass is 301 g/mol. The van der Waals surface area contributed by atoms with Crippen molar-refractivity contribution in [3.05, 3.63) is 63.7 Å². The number of likely N-dealkylation sites (N-methyl/N-ethyl adjacent to an activating group) is 1. The predicted octanol–water partition coefficient (Wildman–Crippen LogP) is 4.23. The number of hydrogen-bond acceptors (Lipinski definition) is 2. The van der Waals surface area contributed by atoms with Gasteiger partial charge < -0.3 is 4.74 Å². The molecule has 0 aliphatic carbocycles. The van der Waals surface area contributed by atoms with Gasteiger partial charge in [-0.25, -0.2) is 0 Å². The fourth-order valence-electron chi connectivity index (χ4n) is 3.20. The standard InChI is InChI=1S/C18H20ClNO/c1-12-6-4-5-7-14(12)18-15-11-17(21-3)16(19)10-13(15)8-9-20(18)2/h4-7,10-11,18H,8-9H2,1-3H3. The molecule has 0 aromatic heterocycles. The number of hydrogen-bond donors (Lipinski definition) is 0. The Morgan fingerprint density at radius 1 is 1.19 bits per heavy atom. The highest BCUT2D eigenvalue weighted by Crippen LogP contribution is 2.39. The van der Waals surface area contributed by atoms with E-state index in [4.69, 9.17) is 16.3 Å². The Bertz CT molecular complexity index is 668. The molecule has 1 aliphatic heterocycles. The summed E-state index contributed by atoms with van der Waals surface area (Å²) in [5.41, 5.74) is 5.30. The molecule has 0 radical (unpaired) electrons. The molecule has 0 N–H and O–H groups in total. The lowest BCUT2D eigenvalue weighted by molar-refractivity contribution is 0.263. The van der Waals surface area contributed by atoms with Gasteiger partial charge in [0, 0.05) is 6.54 Å². The van der Waals surface area contributed by atoms with Gasteiger partial charge in [0.2, 0.25) is 0 Å². The Hall–Kier alpha value is -1.51. The summed E-state index contributed by atoms with van der Waals surface area (Å²) < 4.78 is 5.41. The quantitative estimate of drug-likeness (QED) is 0.823. The maximum Gasteiger partial charge on any atom is 0.137 e. The average molecular weight is 302 g/mol. The number of aryl methyl sites for hydroxylation is 1. The van der Waals surface area contributed by atoms with Crippen LogP contribution < -0.4 is 4.74 Å². The summed E-state index contributed by atoms with van der Waals surface area (Å²) in [4.78, 5) is 2.40. The highest BCUT2D eigenvalue weighted by molar-refractivity contribution is 6.32. The summed E-state index contributed by atoms with van der Waals surface area (Å²) in [6.07, 6.45) is 1.03. The van der Waals surface area contributed by atoms with E-state index in [-0.39, 0.29) is 6.04 Å². The third kappa shape index (κ3) is 2.54. The van der Waals surface area contributed by atoms with Crippen molar-refractivity contribution in [2.45, 2.75) is 19.4 Å². The van der Waals surface area contributed by atoms with Crippen LogP contribution in [0.5, 0.6) is 5.75 Å². The molecule has 0 fully saturated rings. The molecule has 1 unspecified atom stereocenters. The van der Waals surface area contributed by atoms with E-state index in [9.17, 15) is 0 Å². The number of ether oxygens (including phenoxy) is 1.